The Balaban J connectivity index is 0.000000215. The van der Waals surface area contributed by atoms with E-state index in [9.17, 15) is 9.59 Å². The lowest BCUT2D eigenvalue weighted by Gasteiger charge is -2.19. The molecule has 4 aromatic rings. The van der Waals surface area contributed by atoms with Gasteiger partial charge in [-0.15, -0.1) is 22.7 Å². The molecule has 4 aromatic heterocycles. The van der Waals surface area contributed by atoms with E-state index in [1.165, 1.54) is 11.3 Å². The molecule has 176 valence electrons. The van der Waals surface area contributed by atoms with Crippen molar-refractivity contribution in [3.05, 3.63) is 56.5 Å². The van der Waals surface area contributed by atoms with Gasteiger partial charge >= 0.3 is 6.09 Å². The highest BCUT2D eigenvalue weighted by Crippen LogP contribution is 2.29. The Morgan fingerprint density at radius 2 is 1.91 bits per heavy atom. The molecule has 0 aliphatic heterocycles. The number of halogens is 1. The van der Waals surface area contributed by atoms with Crippen LogP contribution >= 0.6 is 34.3 Å². The van der Waals surface area contributed by atoms with Crippen LogP contribution in [-0.4, -0.2) is 35.2 Å². The fourth-order valence-electron chi connectivity index (χ4n) is 2.34. The van der Waals surface area contributed by atoms with E-state index in [0.29, 0.717) is 23.9 Å². The van der Waals surface area contributed by atoms with Gasteiger partial charge in [-0.1, -0.05) is 23.7 Å². The van der Waals surface area contributed by atoms with Crippen molar-refractivity contribution in [3.8, 4) is 27.2 Å². The van der Waals surface area contributed by atoms with Crippen LogP contribution in [0.15, 0.2) is 54.9 Å². The standard InChI is InChI=1S/C14H18N2O4S.C7H4ClNO2S/c1-14(2,3)19-13(17)15-6-7-18-12-9-10(20-16-12)11-5-4-8-21-11;8-5-6(11-9-7(5)10)4-2-1-3-12-4/h4-5,8-9H,6-7H2,1-3H3,(H,15,17);1-3H,(H,9,10). The predicted octanol–water partition coefficient (Wildman–Crippen LogP) is 5.66. The first-order chi connectivity index (χ1) is 15.7. The van der Waals surface area contributed by atoms with E-state index >= 15 is 0 Å². The quantitative estimate of drug-likeness (QED) is 0.320. The Morgan fingerprint density at radius 3 is 2.48 bits per heavy atom. The largest absolute Gasteiger partial charge is 0.474 e. The van der Waals surface area contributed by atoms with Crippen molar-refractivity contribution in [2.45, 2.75) is 26.4 Å². The summed E-state index contributed by atoms with van der Waals surface area (Å²) >= 11 is 8.70. The van der Waals surface area contributed by atoms with Gasteiger partial charge in [0.2, 0.25) is 0 Å². The predicted molar refractivity (Wildman–Crippen MR) is 127 cm³/mol. The molecule has 0 bridgehead atoms. The van der Waals surface area contributed by atoms with E-state index in [0.717, 1.165) is 9.75 Å². The molecule has 0 radical (unpaired) electrons. The van der Waals surface area contributed by atoms with Gasteiger partial charge in [0.25, 0.3) is 11.4 Å². The molecule has 0 unspecified atom stereocenters. The first-order valence-electron chi connectivity index (χ1n) is 9.74. The van der Waals surface area contributed by atoms with Gasteiger partial charge in [-0.25, -0.2) is 4.79 Å². The molecule has 0 fully saturated rings. The van der Waals surface area contributed by atoms with Gasteiger partial charge in [-0.3, -0.25) is 4.79 Å². The van der Waals surface area contributed by atoms with Crippen LogP contribution < -0.4 is 15.6 Å². The minimum atomic E-state index is -0.507. The maximum absolute atomic E-state index is 11.4. The highest BCUT2D eigenvalue weighted by molar-refractivity contribution is 7.13. The average molecular weight is 512 g/mol. The van der Waals surface area contributed by atoms with E-state index in [1.54, 1.807) is 17.4 Å². The molecule has 2 N–H and O–H groups in total. The molecule has 0 spiro atoms. The molecule has 0 saturated heterocycles. The molecule has 0 aliphatic carbocycles. The molecule has 0 atom stereocenters. The van der Waals surface area contributed by atoms with Crippen molar-refractivity contribution in [2.75, 3.05) is 13.2 Å². The average Bonchev–Trinajstić information content (AvgIpc) is 3.54. The lowest BCUT2D eigenvalue weighted by molar-refractivity contribution is 0.0519. The fraction of sp³-hybridized carbons (Fsp3) is 0.286. The summed E-state index contributed by atoms with van der Waals surface area (Å²) < 4.78 is 20.6. The molecule has 9 nitrogen and oxygen atoms in total. The number of carbonyl (C=O) groups is 1. The van der Waals surface area contributed by atoms with Crippen LogP contribution in [0.3, 0.4) is 0 Å². The van der Waals surface area contributed by atoms with Crippen molar-refractivity contribution < 1.29 is 23.3 Å². The highest BCUT2D eigenvalue weighted by Gasteiger charge is 2.16. The van der Waals surface area contributed by atoms with Crippen LogP contribution in [0.25, 0.3) is 21.3 Å². The zero-order chi connectivity index (χ0) is 23.8. The number of hydrogen-bond donors (Lipinski definition) is 2. The van der Waals surface area contributed by atoms with Crippen molar-refractivity contribution >= 4 is 40.4 Å². The molecule has 4 rings (SSSR count). The lowest BCUT2D eigenvalue weighted by atomic mass is 10.2. The van der Waals surface area contributed by atoms with Crippen molar-refractivity contribution in [1.29, 1.82) is 0 Å². The second kappa shape index (κ2) is 11.2. The molecular weight excluding hydrogens is 490 g/mol. The minimum Gasteiger partial charge on any atom is -0.474 e. The highest BCUT2D eigenvalue weighted by atomic mass is 35.5. The second-order valence-electron chi connectivity index (χ2n) is 7.44. The Morgan fingerprint density at radius 1 is 1.21 bits per heavy atom. The maximum Gasteiger partial charge on any atom is 0.407 e. The third-order valence-electron chi connectivity index (χ3n) is 3.66. The number of amides is 1. The Bertz CT molecular complexity index is 1190. The zero-order valence-corrected chi connectivity index (χ0v) is 20.4. The number of nitrogens with one attached hydrogen (secondary N) is 2. The third kappa shape index (κ3) is 7.52. The SMILES string of the molecule is CC(C)(C)OC(=O)NCCOc1cc(-c2cccs2)on1.O=c1[nH]oc(-c2cccs2)c1Cl. The molecule has 0 aromatic carbocycles. The van der Waals surface area contributed by atoms with E-state index < -0.39 is 11.7 Å². The van der Waals surface area contributed by atoms with Gasteiger partial charge in [0.05, 0.1) is 22.4 Å². The van der Waals surface area contributed by atoms with Gasteiger partial charge in [-0.05, 0) is 48.8 Å². The van der Waals surface area contributed by atoms with Crippen molar-refractivity contribution in [3.63, 3.8) is 0 Å². The Kier molecular flexibility index (Phi) is 8.37. The van der Waals surface area contributed by atoms with Crippen LogP contribution in [0.2, 0.25) is 5.02 Å². The smallest absolute Gasteiger partial charge is 0.407 e. The molecule has 33 heavy (non-hydrogen) atoms. The van der Waals surface area contributed by atoms with Gasteiger partial charge in [0, 0.05) is 0 Å². The molecular formula is C21H22ClN3O6S2. The third-order valence-corrected chi connectivity index (χ3v) is 5.76. The van der Waals surface area contributed by atoms with Crippen LogP contribution in [0.1, 0.15) is 20.8 Å². The zero-order valence-electron chi connectivity index (χ0n) is 18.0. The summed E-state index contributed by atoms with van der Waals surface area (Å²) in [6.07, 6.45) is -0.467. The van der Waals surface area contributed by atoms with Gasteiger partial charge in [0.15, 0.2) is 16.5 Å². The summed E-state index contributed by atoms with van der Waals surface area (Å²) in [7, 11) is 0. The number of aromatic nitrogens is 2. The number of aromatic amines is 1. The summed E-state index contributed by atoms with van der Waals surface area (Å²) in [4.78, 5) is 24.1. The number of alkyl carbamates (subject to hydrolysis) is 1. The number of ether oxygens (including phenoxy) is 2. The second-order valence-corrected chi connectivity index (χ2v) is 9.71. The van der Waals surface area contributed by atoms with Gasteiger partial charge in [0.1, 0.15) is 12.2 Å². The van der Waals surface area contributed by atoms with E-state index in [4.69, 9.17) is 30.1 Å². The number of thiophene rings is 2. The molecule has 1 amide bonds. The maximum atomic E-state index is 11.4. The topological polar surface area (TPSA) is 120 Å². The number of rotatable bonds is 6. The van der Waals surface area contributed by atoms with E-state index in [2.05, 4.69) is 15.6 Å². The van der Waals surface area contributed by atoms with Gasteiger partial charge < -0.3 is 23.8 Å². The number of hydrogen-bond acceptors (Lipinski definition) is 9. The molecule has 12 heteroatoms. The fourth-order valence-corrected chi connectivity index (χ4v) is 3.96. The first-order valence-corrected chi connectivity index (χ1v) is 11.9. The van der Waals surface area contributed by atoms with Crippen LogP contribution in [0.4, 0.5) is 4.79 Å². The number of H-pyrrole nitrogens is 1. The van der Waals surface area contributed by atoms with Crippen molar-refractivity contribution in [1.82, 2.24) is 15.6 Å². The Labute approximate surface area is 202 Å². The van der Waals surface area contributed by atoms with Gasteiger partial charge in [-0.2, -0.15) is 5.16 Å². The van der Waals surface area contributed by atoms with Crippen LogP contribution in [0, 0.1) is 0 Å². The monoisotopic (exact) mass is 511 g/mol. The lowest BCUT2D eigenvalue weighted by Crippen LogP contribution is -2.34. The number of carbonyl (C=O) groups excluding carboxylic acids is 1. The molecule has 4 heterocycles. The minimum absolute atomic E-state index is 0.109. The summed E-state index contributed by atoms with van der Waals surface area (Å²) in [5, 5.41) is 12.5. The summed E-state index contributed by atoms with van der Waals surface area (Å²) in [6, 6.07) is 9.30. The summed E-state index contributed by atoms with van der Waals surface area (Å²) in [5.74, 6) is 1.47. The summed E-state index contributed by atoms with van der Waals surface area (Å²) in [6.45, 7) is 6.05. The van der Waals surface area contributed by atoms with E-state index in [1.807, 2.05) is 55.8 Å². The molecule has 0 aliphatic rings. The van der Waals surface area contributed by atoms with Crippen LogP contribution in [0.5, 0.6) is 5.88 Å². The molecule has 0 saturated carbocycles. The Hall–Kier alpha value is -3.02. The van der Waals surface area contributed by atoms with Crippen molar-refractivity contribution in [2.24, 2.45) is 0 Å². The van der Waals surface area contributed by atoms with Crippen LogP contribution in [-0.2, 0) is 4.74 Å². The number of nitrogens with zero attached hydrogens (tertiary/aromatic N) is 1. The first kappa shape index (κ1) is 24.6. The normalized spacial score (nSPS) is 10.9. The summed E-state index contributed by atoms with van der Waals surface area (Å²) in [5.41, 5.74) is -0.896. The van der Waals surface area contributed by atoms with E-state index in [-0.39, 0.29) is 17.2 Å².